The number of methoxy groups -OCH3 is 1. The molecule has 4 aromatic rings. The zero-order chi connectivity index (χ0) is 28.4. The van der Waals surface area contributed by atoms with Gasteiger partial charge in [0.2, 0.25) is 0 Å². The number of carbonyl (C=O) groups is 1. The minimum atomic E-state index is -4.94. The molecule has 1 aliphatic heterocycles. The second-order valence-corrected chi connectivity index (χ2v) is 13.1. The zero-order valence-corrected chi connectivity index (χ0v) is 23.3. The average molecular weight is 590 g/mol. The highest BCUT2D eigenvalue weighted by molar-refractivity contribution is 7.90. The minimum Gasteiger partial charge on any atom is -0.495 e. The second-order valence-electron chi connectivity index (χ2n) is 10.1. The molecule has 12 heteroatoms. The van der Waals surface area contributed by atoms with Gasteiger partial charge < -0.3 is 15.0 Å². The quantitative estimate of drug-likeness (QED) is 0.324. The van der Waals surface area contributed by atoms with Crippen molar-refractivity contribution in [1.82, 2.24) is 3.97 Å². The van der Waals surface area contributed by atoms with E-state index in [0.29, 0.717) is 37.1 Å². The lowest BCUT2D eigenvalue weighted by atomic mass is 9.91. The van der Waals surface area contributed by atoms with E-state index in [4.69, 9.17) is 4.74 Å². The number of aryl methyl sites for hydroxylation is 2. The predicted octanol–water partition coefficient (Wildman–Crippen LogP) is 5.68. The molecule has 7 nitrogen and oxygen atoms in total. The van der Waals surface area contributed by atoms with Gasteiger partial charge in [-0.3, -0.25) is 4.79 Å². The number of ether oxygens (including phenoxy) is 1. The van der Waals surface area contributed by atoms with Crippen LogP contribution in [0.25, 0.3) is 10.9 Å². The van der Waals surface area contributed by atoms with Crippen LogP contribution in [0, 0.1) is 6.92 Å². The molecule has 1 unspecified atom stereocenters. The number of fused-ring (bicyclic) bond motifs is 1. The molecule has 0 saturated heterocycles. The number of nitrogens with one attached hydrogen (secondary N) is 1. The number of benzene rings is 2. The molecule has 0 bridgehead atoms. The van der Waals surface area contributed by atoms with Crippen LogP contribution >= 0.6 is 11.3 Å². The molecular formula is C28H26F3N3O4S2. The van der Waals surface area contributed by atoms with Crippen LogP contribution < -0.4 is 15.0 Å². The van der Waals surface area contributed by atoms with E-state index in [1.54, 1.807) is 42.6 Å². The maximum atomic E-state index is 13.7. The Morgan fingerprint density at radius 3 is 2.55 bits per heavy atom. The van der Waals surface area contributed by atoms with Crippen molar-refractivity contribution in [2.75, 3.05) is 23.9 Å². The molecule has 2 aliphatic rings. The first-order chi connectivity index (χ1) is 19.0. The number of hydrogen-bond acceptors (Lipinski definition) is 6. The van der Waals surface area contributed by atoms with Crippen LogP contribution in [-0.4, -0.2) is 44.2 Å². The Morgan fingerprint density at radius 2 is 1.85 bits per heavy atom. The molecule has 3 heterocycles. The average Bonchev–Trinajstić information content (AvgIpc) is 3.51. The first-order valence-corrected chi connectivity index (χ1v) is 15.0. The third kappa shape index (κ3) is 4.43. The monoisotopic (exact) mass is 589 g/mol. The van der Waals surface area contributed by atoms with Crippen molar-refractivity contribution in [2.45, 2.75) is 49.7 Å². The van der Waals surface area contributed by atoms with E-state index in [1.165, 1.54) is 22.4 Å². The van der Waals surface area contributed by atoms with Gasteiger partial charge in [-0.05, 0) is 67.6 Å². The topological polar surface area (TPSA) is 80.6 Å². The van der Waals surface area contributed by atoms with Gasteiger partial charge in [0.25, 0.3) is 10.0 Å². The maximum Gasteiger partial charge on any atom is 0.471 e. The van der Waals surface area contributed by atoms with Gasteiger partial charge in [-0.25, -0.2) is 12.4 Å². The van der Waals surface area contributed by atoms with Crippen LogP contribution in [0.4, 0.5) is 23.9 Å². The number of halogens is 3. The molecule has 6 rings (SSSR count). The predicted molar refractivity (Wildman–Crippen MR) is 148 cm³/mol. The number of thiophene rings is 1. The molecular weight excluding hydrogens is 563 g/mol. The number of hydrogen-bond donors (Lipinski definition) is 1. The highest BCUT2D eigenvalue weighted by Crippen LogP contribution is 2.44. The summed E-state index contributed by atoms with van der Waals surface area (Å²) >= 11 is 1.18. The number of anilines is 2. The summed E-state index contributed by atoms with van der Waals surface area (Å²) in [7, 11) is -2.37. The van der Waals surface area contributed by atoms with Crippen molar-refractivity contribution in [3.63, 3.8) is 0 Å². The summed E-state index contributed by atoms with van der Waals surface area (Å²) < 4.78 is 72.6. The van der Waals surface area contributed by atoms with E-state index in [0.717, 1.165) is 39.1 Å². The summed E-state index contributed by atoms with van der Waals surface area (Å²) in [6.07, 6.45) is -0.551. The number of alkyl halides is 3. The van der Waals surface area contributed by atoms with E-state index in [1.807, 2.05) is 18.3 Å². The highest BCUT2D eigenvalue weighted by Gasteiger charge is 2.39. The SMILES string of the molecule is COc1ccc2c3c(cn(S(=O)(=O)c4ccc(C)cc4)c13)CCN2C1CCc2cc(NC(=O)C(F)(F)F)sc2C1. The number of rotatable bonds is 5. The lowest BCUT2D eigenvalue weighted by Gasteiger charge is -2.38. The molecule has 1 amide bonds. The molecule has 0 spiro atoms. The van der Waals surface area contributed by atoms with Crippen molar-refractivity contribution < 1.29 is 31.1 Å². The third-order valence-corrected chi connectivity index (χ3v) is 10.5. The van der Waals surface area contributed by atoms with Gasteiger partial charge in [-0.15, -0.1) is 11.3 Å². The van der Waals surface area contributed by atoms with Crippen molar-refractivity contribution in [2.24, 2.45) is 0 Å². The molecule has 2 aromatic heterocycles. The Labute approximate surface area is 233 Å². The summed E-state index contributed by atoms with van der Waals surface area (Å²) in [6.45, 7) is 2.57. The second kappa shape index (κ2) is 9.55. The molecule has 1 N–H and O–H groups in total. The van der Waals surface area contributed by atoms with Gasteiger partial charge in [0.05, 0.1) is 17.0 Å². The molecule has 2 aromatic carbocycles. The fourth-order valence-electron chi connectivity index (χ4n) is 5.71. The highest BCUT2D eigenvalue weighted by atomic mass is 32.2. The molecule has 0 saturated carbocycles. The number of carbonyl (C=O) groups excluding carboxylic acids is 1. The smallest absolute Gasteiger partial charge is 0.471 e. The Bertz CT molecular complexity index is 1740. The Kier molecular flexibility index (Phi) is 6.37. The van der Waals surface area contributed by atoms with E-state index in [9.17, 15) is 26.4 Å². The van der Waals surface area contributed by atoms with Crippen molar-refractivity contribution >= 4 is 48.9 Å². The summed E-state index contributed by atoms with van der Waals surface area (Å²) in [5.74, 6) is -1.52. The molecule has 1 aliphatic carbocycles. The fourth-order valence-corrected chi connectivity index (χ4v) is 8.29. The molecule has 0 fully saturated rings. The van der Waals surface area contributed by atoms with Gasteiger partial charge in [0.1, 0.15) is 11.3 Å². The van der Waals surface area contributed by atoms with Crippen molar-refractivity contribution in [3.05, 3.63) is 70.2 Å². The number of amides is 1. The fraction of sp³-hybridized carbons (Fsp3) is 0.321. The maximum absolute atomic E-state index is 13.7. The van der Waals surface area contributed by atoms with Crippen LogP contribution in [0.15, 0.2) is 53.6 Å². The Hall–Kier alpha value is -3.51. The molecule has 1 atom stereocenters. The van der Waals surface area contributed by atoms with E-state index < -0.39 is 22.1 Å². The van der Waals surface area contributed by atoms with Gasteiger partial charge >= 0.3 is 12.1 Å². The summed E-state index contributed by atoms with van der Waals surface area (Å²) in [5, 5.41) is 3.00. The lowest BCUT2D eigenvalue weighted by Crippen LogP contribution is -2.41. The molecule has 210 valence electrons. The summed E-state index contributed by atoms with van der Waals surface area (Å²) in [4.78, 5) is 14.8. The van der Waals surface area contributed by atoms with E-state index >= 15 is 0 Å². The lowest BCUT2D eigenvalue weighted by molar-refractivity contribution is -0.167. The third-order valence-electron chi connectivity index (χ3n) is 7.66. The van der Waals surface area contributed by atoms with Gasteiger partial charge in [-0.2, -0.15) is 13.2 Å². The number of aromatic nitrogens is 1. The number of nitrogens with zero attached hydrogens (tertiary/aromatic N) is 2. The first kappa shape index (κ1) is 26.7. The molecule has 40 heavy (non-hydrogen) atoms. The van der Waals surface area contributed by atoms with Crippen LogP contribution in [0.5, 0.6) is 5.75 Å². The van der Waals surface area contributed by atoms with Crippen molar-refractivity contribution in [3.8, 4) is 5.75 Å². The summed E-state index contributed by atoms with van der Waals surface area (Å²) in [5.41, 5.74) is 4.23. The van der Waals surface area contributed by atoms with Crippen LogP contribution in [-0.2, 0) is 34.1 Å². The van der Waals surface area contributed by atoms with Crippen LogP contribution in [0.3, 0.4) is 0 Å². The zero-order valence-electron chi connectivity index (χ0n) is 21.7. The normalized spacial score (nSPS) is 17.1. The van der Waals surface area contributed by atoms with Gasteiger partial charge in [0.15, 0.2) is 0 Å². The van der Waals surface area contributed by atoms with E-state index in [2.05, 4.69) is 4.90 Å². The molecule has 0 radical (unpaired) electrons. The Morgan fingerprint density at radius 1 is 1.10 bits per heavy atom. The van der Waals surface area contributed by atoms with Crippen LogP contribution in [0.1, 0.15) is 28.0 Å². The summed E-state index contributed by atoms with van der Waals surface area (Å²) in [6, 6.07) is 12.2. The van der Waals surface area contributed by atoms with Crippen LogP contribution in [0.2, 0.25) is 0 Å². The largest absolute Gasteiger partial charge is 0.495 e. The standard InChI is InChI=1S/C28H26F3N3O4S2/c1-16-3-7-20(8-4-16)40(36,37)34-15-18-11-12-33(21-9-10-22(38-2)26(34)25(18)21)19-6-5-17-13-24(39-23(17)14-19)32-27(35)28(29,30)31/h3-4,7-10,13,15,19H,5-6,11-12,14H2,1-2H3,(H,32,35). The first-order valence-electron chi connectivity index (χ1n) is 12.8. The van der Waals surface area contributed by atoms with Gasteiger partial charge in [-0.1, -0.05) is 17.7 Å². The van der Waals surface area contributed by atoms with Gasteiger partial charge in [0, 0.05) is 41.2 Å². The van der Waals surface area contributed by atoms with Crippen molar-refractivity contribution in [1.29, 1.82) is 0 Å². The minimum absolute atomic E-state index is 0.0686. The van der Waals surface area contributed by atoms with E-state index in [-0.39, 0.29) is 15.9 Å². The Balaban J connectivity index is 1.36.